The highest BCUT2D eigenvalue weighted by atomic mass is 35.5. The van der Waals surface area contributed by atoms with Gasteiger partial charge in [-0.05, 0) is 42.5 Å². The molecule has 0 saturated heterocycles. The second kappa shape index (κ2) is 5.65. The standard InChI is InChI=1S/C13H10Cl2N2S/c14-8-1-4-10(5-2-8)18-12-6-3-9(15)7-11(12)13(16)17/h1-7H,(H3,16,17). The molecule has 2 rings (SSSR count). The number of amidine groups is 1. The molecular weight excluding hydrogens is 287 g/mol. The van der Waals surface area contributed by atoms with Crippen LogP contribution in [0.25, 0.3) is 0 Å². The highest BCUT2D eigenvalue weighted by Crippen LogP contribution is 2.32. The Kier molecular flexibility index (Phi) is 4.17. The summed E-state index contributed by atoms with van der Waals surface area (Å²) in [7, 11) is 0. The van der Waals surface area contributed by atoms with E-state index in [-0.39, 0.29) is 5.84 Å². The zero-order valence-electron chi connectivity index (χ0n) is 9.28. The van der Waals surface area contributed by atoms with E-state index in [1.54, 1.807) is 12.1 Å². The third kappa shape index (κ3) is 3.19. The summed E-state index contributed by atoms with van der Waals surface area (Å²) < 4.78 is 0. The lowest BCUT2D eigenvalue weighted by Gasteiger charge is -2.08. The van der Waals surface area contributed by atoms with Crippen molar-refractivity contribution in [3.8, 4) is 0 Å². The SMILES string of the molecule is N=C(N)c1cc(Cl)ccc1Sc1ccc(Cl)cc1. The highest BCUT2D eigenvalue weighted by molar-refractivity contribution is 7.99. The maximum Gasteiger partial charge on any atom is 0.123 e. The normalized spacial score (nSPS) is 10.3. The topological polar surface area (TPSA) is 49.9 Å². The van der Waals surface area contributed by atoms with E-state index in [4.69, 9.17) is 34.3 Å². The van der Waals surface area contributed by atoms with Gasteiger partial charge in [0.1, 0.15) is 5.84 Å². The van der Waals surface area contributed by atoms with Crippen LogP contribution >= 0.6 is 35.0 Å². The zero-order valence-corrected chi connectivity index (χ0v) is 11.6. The minimum absolute atomic E-state index is 0.00830. The predicted molar refractivity (Wildman–Crippen MR) is 78.0 cm³/mol. The van der Waals surface area contributed by atoms with Crippen molar-refractivity contribution in [2.45, 2.75) is 9.79 Å². The van der Waals surface area contributed by atoms with E-state index in [0.29, 0.717) is 15.6 Å². The number of nitrogens with one attached hydrogen (secondary N) is 1. The summed E-state index contributed by atoms with van der Waals surface area (Å²) in [6.45, 7) is 0. The average Bonchev–Trinajstić information content (AvgIpc) is 2.34. The van der Waals surface area contributed by atoms with Crippen LogP contribution in [-0.4, -0.2) is 5.84 Å². The van der Waals surface area contributed by atoms with Gasteiger partial charge in [0.25, 0.3) is 0 Å². The molecule has 0 aliphatic carbocycles. The Labute approximate surface area is 120 Å². The average molecular weight is 297 g/mol. The van der Waals surface area contributed by atoms with Crippen LogP contribution in [0.2, 0.25) is 10.0 Å². The number of hydrogen-bond acceptors (Lipinski definition) is 2. The Hall–Kier alpha value is -1.16. The molecule has 3 N–H and O–H groups in total. The second-order valence-electron chi connectivity index (χ2n) is 3.61. The predicted octanol–water partition coefficient (Wildman–Crippen LogP) is 4.43. The van der Waals surface area contributed by atoms with E-state index in [0.717, 1.165) is 9.79 Å². The lowest BCUT2D eigenvalue weighted by Crippen LogP contribution is -2.12. The van der Waals surface area contributed by atoms with Gasteiger partial charge in [-0.25, -0.2) is 0 Å². The molecule has 2 aromatic carbocycles. The molecule has 0 aliphatic heterocycles. The zero-order chi connectivity index (χ0) is 13.1. The van der Waals surface area contributed by atoms with Gasteiger partial charge in [0.05, 0.1) is 0 Å². The lowest BCUT2D eigenvalue weighted by molar-refractivity contribution is 1.33. The minimum Gasteiger partial charge on any atom is -0.384 e. The van der Waals surface area contributed by atoms with Crippen LogP contribution in [0.3, 0.4) is 0 Å². The fraction of sp³-hybridized carbons (Fsp3) is 0. The van der Waals surface area contributed by atoms with E-state index in [9.17, 15) is 0 Å². The molecule has 0 amide bonds. The van der Waals surface area contributed by atoms with Crippen LogP contribution in [0.1, 0.15) is 5.56 Å². The largest absolute Gasteiger partial charge is 0.384 e. The number of rotatable bonds is 3. The Bertz CT molecular complexity index is 582. The van der Waals surface area contributed by atoms with Gasteiger partial charge in [0.2, 0.25) is 0 Å². The molecule has 18 heavy (non-hydrogen) atoms. The maximum atomic E-state index is 7.56. The first-order chi connectivity index (χ1) is 8.56. The molecule has 2 aromatic rings. The third-order valence-corrected chi connectivity index (χ3v) is 3.84. The van der Waals surface area contributed by atoms with Crippen LogP contribution in [0.15, 0.2) is 52.3 Å². The van der Waals surface area contributed by atoms with Gasteiger partial charge in [-0.2, -0.15) is 0 Å². The van der Waals surface area contributed by atoms with Crippen LogP contribution in [0.4, 0.5) is 0 Å². The summed E-state index contributed by atoms with van der Waals surface area (Å²) in [5, 5.41) is 8.82. The van der Waals surface area contributed by atoms with Crippen molar-refractivity contribution in [1.82, 2.24) is 0 Å². The summed E-state index contributed by atoms with van der Waals surface area (Å²) in [4.78, 5) is 1.93. The van der Waals surface area contributed by atoms with E-state index in [1.165, 1.54) is 11.8 Å². The van der Waals surface area contributed by atoms with Crippen LogP contribution in [0, 0.1) is 5.41 Å². The third-order valence-electron chi connectivity index (χ3n) is 2.27. The summed E-state index contributed by atoms with van der Waals surface area (Å²) >= 11 is 13.3. The molecule has 0 saturated carbocycles. The molecule has 0 bridgehead atoms. The smallest absolute Gasteiger partial charge is 0.123 e. The molecule has 0 spiro atoms. The van der Waals surface area contributed by atoms with Crippen molar-refractivity contribution in [1.29, 1.82) is 5.41 Å². The lowest BCUT2D eigenvalue weighted by atomic mass is 10.2. The Morgan fingerprint density at radius 1 is 1.00 bits per heavy atom. The molecule has 0 radical (unpaired) electrons. The maximum absolute atomic E-state index is 7.56. The monoisotopic (exact) mass is 296 g/mol. The number of nitrogens with two attached hydrogens (primary N) is 1. The van der Waals surface area contributed by atoms with E-state index in [1.807, 2.05) is 30.3 Å². The van der Waals surface area contributed by atoms with Crippen LogP contribution in [-0.2, 0) is 0 Å². The molecule has 5 heteroatoms. The van der Waals surface area contributed by atoms with Crippen molar-refractivity contribution in [3.63, 3.8) is 0 Å². The fourth-order valence-corrected chi connectivity index (χ4v) is 2.67. The van der Waals surface area contributed by atoms with Crippen LogP contribution in [0.5, 0.6) is 0 Å². The first kappa shape index (κ1) is 13.3. The Balaban J connectivity index is 2.34. The minimum atomic E-state index is 0.00830. The quantitative estimate of drug-likeness (QED) is 0.650. The molecule has 2 nitrogen and oxygen atoms in total. The number of nitrogen functional groups attached to an aromatic ring is 1. The molecular formula is C13H10Cl2N2S. The Morgan fingerprint density at radius 3 is 2.22 bits per heavy atom. The molecule has 92 valence electrons. The molecule has 0 atom stereocenters. The fourth-order valence-electron chi connectivity index (χ4n) is 1.43. The van der Waals surface area contributed by atoms with Gasteiger partial charge >= 0.3 is 0 Å². The van der Waals surface area contributed by atoms with E-state index < -0.39 is 0 Å². The van der Waals surface area contributed by atoms with Crippen molar-refractivity contribution in [3.05, 3.63) is 58.1 Å². The highest BCUT2D eigenvalue weighted by Gasteiger charge is 2.08. The van der Waals surface area contributed by atoms with Crippen molar-refractivity contribution in [2.75, 3.05) is 0 Å². The van der Waals surface area contributed by atoms with Crippen molar-refractivity contribution < 1.29 is 0 Å². The molecule has 0 fully saturated rings. The molecule has 0 heterocycles. The summed E-state index contributed by atoms with van der Waals surface area (Å²) in [5.74, 6) is 0.00830. The van der Waals surface area contributed by atoms with Crippen molar-refractivity contribution in [2.24, 2.45) is 5.73 Å². The molecule has 0 unspecified atom stereocenters. The molecule has 0 aromatic heterocycles. The van der Waals surface area contributed by atoms with E-state index >= 15 is 0 Å². The number of halogens is 2. The summed E-state index contributed by atoms with van der Waals surface area (Å²) in [6, 6.07) is 12.8. The van der Waals surface area contributed by atoms with Crippen LogP contribution < -0.4 is 5.73 Å². The summed E-state index contributed by atoms with van der Waals surface area (Å²) in [5.41, 5.74) is 6.19. The number of hydrogen-bond donors (Lipinski definition) is 2. The van der Waals surface area contributed by atoms with Crippen molar-refractivity contribution >= 4 is 40.8 Å². The van der Waals surface area contributed by atoms with Gasteiger partial charge < -0.3 is 5.73 Å². The van der Waals surface area contributed by atoms with E-state index in [2.05, 4.69) is 0 Å². The van der Waals surface area contributed by atoms with Gasteiger partial charge in [0.15, 0.2) is 0 Å². The number of benzene rings is 2. The molecule has 0 aliphatic rings. The van der Waals surface area contributed by atoms with Gasteiger partial charge in [-0.1, -0.05) is 35.0 Å². The first-order valence-electron chi connectivity index (χ1n) is 5.13. The van der Waals surface area contributed by atoms with Gasteiger partial charge in [0, 0.05) is 25.4 Å². The summed E-state index contributed by atoms with van der Waals surface area (Å²) in [6.07, 6.45) is 0. The van der Waals surface area contributed by atoms with Gasteiger partial charge in [-0.15, -0.1) is 0 Å². The second-order valence-corrected chi connectivity index (χ2v) is 5.60. The van der Waals surface area contributed by atoms with Gasteiger partial charge in [-0.3, -0.25) is 5.41 Å². The first-order valence-corrected chi connectivity index (χ1v) is 6.71. The Morgan fingerprint density at radius 2 is 1.61 bits per heavy atom.